The number of pyridine rings is 1. The molecule has 0 saturated carbocycles. The number of nitrogens with one attached hydrogen (secondary N) is 1. The van der Waals surface area contributed by atoms with Crippen molar-refractivity contribution in [3.8, 4) is 0 Å². The highest BCUT2D eigenvalue weighted by Gasteiger charge is 2.04. The first-order valence-electron chi connectivity index (χ1n) is 5.67. The van der Waals surface area contributed by atoms with Crippen LogP contribution in [-0.2, 0) is 11.2 Å². The number of hydrogen-bond acceptors (Lipinski definition) is 4. The van der Waals surface area contributed by atoms with Gasteiger partial charge in [-0.25, -0.2) is 0 Å². The van der Waals surface area contributed by atoms with Crippen molar-refractivity contribution in [1.82, 2.24) is 15.2 Å². The van der Waals surface area contributed by atoms with E-state index in [9.17, 15) is 4.79 Å². The number of aliphatic hydroxyl groups excluding tert-OH is 1. The first-order valence-corrected chi connectivity index (χ1v) is 5.67. The second-order valence-corrected chi connectivity index (χ2v) is 3.92. The van der Waals surface area contributed by atoms with Crippen LogP contribution in [0.4, 0.5) is 0 Å². The minimum Gasteiger partial charge on any atom is -0.395 e. The number of aromatic nitrogens is 1. The van der Waals surface area contributed by atoms with Gasteiger partial charge < -0.3 is 10.4 Å². The summed E-state index contributed by atoms with van der Waals surface area (Å²) in [5.74, 6) is -0.0233. The van der Waals surface area contributed by atoms with Gasteiger partial charge in [0, 0.05) is 25.5 Å². The van der Waals surface area contributed by atoms with Crippen molar-refractivity contribution in [2.45, 2.75) is 6.42 Å². The molecule has 0 aliphatic carbocycles. The summed E-state index contributed by atoms with van der Waals surface area (Å²) in [6.45, 7) is 1.50. The Hall–Kier alpha value is -1.46. The zero-order valence-electron chi connectivity index (χ0n) is 10.1. The van der Waals surface area contributed by atoms with Crippen molar-refractivity contribution < 1.29 is 9.90 Å². The summed E-state index contributed by atoms with van der Waals surface area (Å²) in [6.07, 6.45) is 4.30. The Balaban J connectivity index is 2.16. The van der Waals surface area contributed by atoms with Gasteiger partial charge in [0.05, 0.1) is 13.2 Å². The van der Waals surface area contributed by atoms with Crippen molar-refractivity contribution in [1.29, 1.82) is 0 Å². The molecule has 0 bridgehead atoms. The molecule has 0 unspecified atom stereocenters. The van der Waals surface area contributed by atoms with E-state index in [0.29, 0.717) is 19.6 Å². The van der Waals surface area contributed by atoms with Crippen molar-refractivity contribution in [3.05, 3.63) is 30.1 Å². The number of amides is 1. The van der Waals surface area contributed by atoms with E-state index in [1.807, 2.05) is 12.1 Å². The lowest BCUT2D eigenvalue weighted by molar-refractivity contribution is -0.121. The van der Waals surface area contributed by atoms with Crippen LogP contribution in [-0.4, -0.2) is 54.2 Å². The Morgan fingerprint density at radius 3 is 3.06 bits per heavy atom. The third-order valence-electron chi connectivity index (χ3n) is 2.35. The minimum atomic E-state index is -0.0233. The van der Waals surface area contributed by atoms with Crippen LogP contribution in [0.3, 0.4) is 0 Å². The number of nitrogens with zero attached hydrogens (tertiary/aromatic N) is 2. The van der Waals surface area contributed by atoms with Crippen LogP contribution in [0.2, 0.25) is 0 Å². The van der Waals surface area contributed by atoms with Crippen LogP contribution in [0.25, 0.3) is 0 Å². The molecule has 0 saturated heterocycles. The molecular weight excluding hydrogens is 218 g/mol. The molecule has 0 radical (unpaired) electrons. The number of hydrogen-bond donors (Lipinski definition) is 2. The van der Waals surface area contributed by atoms with E-state index < -0.39 is 0 Å². The summed E-state index contributed by atoms with van der Waals surface area (Å²) in [6, 6.07) is 3.86. The van der Waals surface area contributed by atoms with Gasteiger partial charge in [0.25, 0.3) is 0 Å². The van der Waals surface area contributed by atoms with Gasteiger partial charge in [-0.05, 0) is 25.1 Å². The van der Waals surface area contributed by atoms with E-state index in [4.69, 9.17) is 5.11 Å². The highest BCUT2D eigenvalue weighted by molar-refractivity contribution is 5.77. The lowest BCUT2D eigenvalue weighted by Gasteiger charge is -2.14. The van der Waals surface area contributed by atoms with Crippen molar-refractivity contribution >= 4 is 5.91 Å². The first kappa shape index (κ1) is 13.6. The lowest BCUT2D eigenvalue weighted by atomic mass is 10.2. The quantitative estimate of drug-likeness (QED) is 0.681. The highest BCUT2D eigenvalue weighted by atomic mass is 16.3. The summed E-state index contributed by atoms with van der Waals surface area (Å²) in [7, 11) is 1.80. The largest absolute Gasteiger partial charge is 0.395 e. The molecule has 2 N–H and O–H groups in total. The molecule has 17 heavy (non-hydrogen) atoms. The number of carbonyl (C=O) groups is 1. The molecule has 94 valence electrons. The third-order valence-corrected chi connectivity index (χ3v) is 2.35. The van der Waals surface area contributed by atoms with Crippen LogP contribution in [0, 0.1) is 0 Å². The van der Waals surface area contributed by atoms with E-state index in [-0.39, 0.29) is 12.5 Å². The molecule has 1 heterocycles. The molecule has 1 aromatic rings. The van der Waals surface area contributed by atoms with Gasteiger partial charge in [0.15, 0.2) is 0 Å². The Kier molecular flexibility index (Phi) is 6.21. The van der Waals surface area contributed by atoms with Gasteiger partial charge in [0.2, 0.25) is 5.91 Å². The van der Waals surface area contributed by atoms with E-state index in [1.54, 1.807) is 24.3 Å². The minimum absolute atomic E-state index is 0.0233. The average molecular weight is 237 g/mol. The van der Waals surface area contributed by atoms with E-state index >= 15 is 0 Å². The topological polar surface area (TPSA) is 65.5 Å². The van der Waals surface area contributed by atoms with Crippen LogP contribution in [0.1, 0.15) is 5.56 Å². The SMILES string of the molecule is CN(CCO)CC(=O)NCCc1cccnc1. The molecule has 0 atom stereocenters. The van der Waals surface area contributed by atoms with E-state index in [2.05, 4.69) is 10.3 Å². The molecule has 0 aliphatic rings. The molecule has 1 rings (SSSR count). The maximum absolute atomic E-state index is 11.5. The summed E-state index contributed by atoms with van der Waals surface area (Å²) < 4.78 is 0. The molecule has 1 amide bonds. The second kappa shape index (κ2) is 7.76. The summed E-state index contributed by atoms with van der Waals surface area (Å²) >= 11 is 0. The maximum atomic E-state index is 11.5. The Labute approximate surface area is 101 Å². The first-order chi connectivity index (χ1) is 8.22. The molecule has 5 heteroatoms. The van der Waals surface area contributed by atoms with Gasteiger partial charge in [-0.15, -0.1) is 0 Å². The smallest absolute Gasteiger partial charge is 0.234 e. The molecule has 5 nitrogen and oxygen atoms in total. The second-order valence-electron chi connectivity index (χ2n) is 3.92. The fraction of sp³-hybridized carbons (Fsp3) is 0.500. The van der Waals surface area contributed by atoms with Gasteiger partial charge in [0.1, 0.15) is 0 Å². The van der Waals surface area contributed by atoms with E-state index in [0.717, 1.165) is 12.0 Å². The number of rotatable bonds is 7. The standard InChI is InChI=1S/C12H19N3O2/c1-15(7-8-16)10-12(17)14-6-4-11-3-2-5-13-9-11/h2-3,5,9,16H,4,6-8,10H2,1H3,(H,14,17). The molecule has 0 aliphatic heterocycles. The fourth-order valence-electron chi connectivity index (χ4n) is 1.44. The third kappa shape index (κ3) is 5.99. The molecule has 0 spiro atoms. The number of likely N-dealkylation sites (N-methyl/N-ethyl adjacent to an activating group) is 1. The summed E-state index contributed by atoms with van der Waals surface area (Å²) in [5.41, 5.74) is 1.11. The Morgan fingerprint density at radius 1 is 1.59 bits per heavy atom. The van der Waals surface area contributed by atoms with Gasteiger partial charge >= 0.3 is 0 Å². The normalized spacial score (nSPS) is 10.5. The molecule has 1 aromatic heterocycles. The predicted octanol–water partition coefficient (Wildman–Crippen LogP) is -0.336. The lowest BCUT2D eigenvalue weighted by Crippen LogP contribution is -2.37. The van der Waals surface area contributed by atoms with Gasteiger partial charge in [-0.1, -0.05) is 6.07 Å². The number of carbonyl (C=O) groups excluding carboxylic acids is 1. The number of aliphatic hydroxyl groups is 1. The molecule has 0 fully saturated rings. The van der Waals surface area contributed by atoms with Crippen molar-refractivity contribution in [3.63, 3.8) is 0 Å². The molecule has 0 aromatic carbocycles. The summed E-state index contributed by atoms with van der Waals surface area (Å²) in [4.78, 5) is 17.3. The average Bonchev–Trinajstić information content (AvgIpc) is 2.30. The van der Waals surface area contributed by atoms with Gasteiger partial charge in [-0.3, -0.25) is 14.7 Å². The van der Waals surface area contributed by atoms with Crippen LogP contribution < -0.4 is 5.32 Å². The van der Waals surface area contributed by atoms with Crippen LogP contribution in [0.5, 0.6) is 0 Å². The van der Waals surface area contributed by atoms with Gasteiger partial charge in [-0.2, -0.15) is 0 Å². The van der Waals surface area contributed by atoms with Crippen molar-refractivity contribution in [2.75, 3.05) is 33.3 Å². The van der Waals surface area contributed by atoms with E-state index in [1.165, 1.54) is 0 Å². The van der Waals surface area contributed by atoms with Crippen molar-refractivity contribution in [2.24, 2.45) is 0 Å². The highest BCUT2D eigenvalue weighted by Crippen LogP contribution is 1.95. The zero-order chi connectivity index (χ0) is 12.5. The fourth-order valence-corrected chi connectivity index (χ4v) is 1.44. The summed E-state index contributed by atoms with van der Waals surface area (Å²) in [5, 5.41) is 11.5. The Morgan fingerprint density at radius 2 is 2.41 bits per heavy atom. The van der Waals surface area contributed by atoms with Crippen LogP contribution >= 0.6 is 0 Å². The predicted molar refractivity (Wildman–Crippen MR) is 65.5 cm³/mol. The Bertz CT molecular complexity index is 330. The molecular formula is C12H19N3O2. The zero-order valence-corrected chi connectivity index (χ0v) is 10.1. The maximum Gasteiger partial charge on any atom is 0.234 e. The monoisotopic (exact) mass is 237 g/mol. The van der Waals surface area contributed by atoms with Crippen LogP contribution in [0.15, 0.2) is 24.5 Å².